The average molecular weight is 351 g/mol. The predicted molar refractivity (Wildman–Crippen MR) is 88.7 cm³/mol. The van der Waals surface area contributed by atoms with Crippen molar-refractivity contribution in [3.8, 4) is 6.07 Å². The van der Waals surface area contributed by atoms with Crippen molar-refractivity contribution in [1.82, 2.24) is 5.32 Å². The first-order valence-electron chi connectivity index (χ1n) is 7.33. The molecular weight excluding hydrogens is 334 g/mol. The Morgan fingerprint density at radius 3 is 2.46 bits per heavy atom. The van der Waals surface area contributed by atoms with Gasteiger partial charge in [-0.2, -0.15) is 5.26 Å². The molecule has 0 aliphatic carbocycles. The molecule has 0 saturated heterocycles. The zero-order valence-corrected chi connectivity index (χ0v) is 14.1. The Kier molecular flexibility index (Phi) is 6.27. The van der Waals surface area contributed by atoms with E-state index in [4.69, 9.17) is 16.3 Å². The maximum absolute atomic E-state index is 13.2. The molecule has 0 heterocycles. The number of nitrogens with zero attached hydrogens (tertiary/aromatic N) is 1. The van der Waals surface area contributed by atoms with E-state index in [1.165, 1.54) is 19.2 Å². The summed E-state index contributed by atoms with van der Waals surface area (Å²) in [5.41, 5.74) is 2.42. The normalized spacial score (nSPS) is 12.0. The molecule has 24 heavy (non-hydrogen) atoms. The first-order chi connectivity index (χ1) is 11.4. The maximum Gasteiger partial charge on any atom is 0.126 e. The van der Waals surface area contributed by atoms with E-state index in [0.29, 0.717) is 28.3 Å². The minimum atomic E-state index is -0.622. The SMILES string of the molecule is COC(CNCc1cc(F)cc(F)c1)c1c(Cl)cc(C)cc1C#N. The molecule has 0 radical (unpaired) electrons. The number of rotatable bonds is 6. The van der Waals surface area contributed by atoms with Crippen LogP contribution >= 0.6 is 11.6 Å². The molecule has 6 heteroatoms. The Bertz CT molecular complexity index is 754. The second kappa shape index (κ2) is 8.20. The Hall–Kier alpha value is -2.00. The smallest absolute Gasteiger partial charge is 0.126 e. The average Bonchev–Trinajstić information content (AvgIpc) is 2.51. The van der Waals surface area contributed by atoms with Crippen molar-refractivity contribution in [2.75, 3.05) is 13.7 Å². The molecular formula is C18H17ClF2N2O. The van der Waals surface area contributed by atoms with E-state index in [2.05, 4.69) is 11.4 Å². The molecule has 0 spiro atoms. The minimum absolute atomic E-state index is 0.264. The van der Waals surface area contributed by atoms with Crippen molar-refractivity contribution in [2.24, 2.45) is 0 Å². The molecule has 1 atom stereocenters. The number of ether oxygens (including phenoxy) is 1. The van der Waals surface area contributed by atoms with Crippen LogP contribution in [0.2, 0.25) is 5.02 Å². The summed E-state index contributed by atoms with van der Waals surface area (Å²) in [5, 5.41) is 12.8. The summed E-state index contributed by atoms with van der Waals surface area (Å²) in [6.07, 6.45) is -0.453. The Labute approximate surface area is 144 Å². The van der Waals surface area contributed by atoms with Crippen LogP contribution in [-0.2, 0) is 11.3 Å². The van der Waals surface area contributed by atoms with E-state index in [-0.39, 0.29) is 6.54 Å². The monoisotopic (exact) mass is 350 g/mol. The Morgan fingerprint density at radius 2 is 1.88 bits per heavy atom. The van der Waals surface area contributed by atoms with Crippen molar-refractivity contribution < 1.29 is 13.5 Å². The van der Waals surface area contributed by atoms with Crippen LogP contribution in [0.3, 0.4) is 0 Å². The molecule has 0 amide bonds. The van der Waals surface area contributed by atoms with Crippen LogP contribution in [0.25, 0.3) is 0 Å². The highest BCUT2D eigenvalue weighted by molar-refractivity contribution is 6.31. The molecule has 126 valence electrons. The molecule has 2 aromatic rings. The molecule has 0 aliphatic rings. The number of nitrogens with one attached hydrogen (secondary N) is 1. The predicted octanol–water partition coefficient (Wildman–Crippen LogP) is 4.28. The minimum Gasteiger partial charge on any atom is -0.375 e. The largest absolute Gasteiger partial charge is 0.375 e. The van der Waals surface area contributed by atoms with Crippen molar-refractivity contribution in [3.63, 3.8) is 0 Å². The van der Waals surface area contributed by atoms with Gasteiger partial charge in [0, 0.05) is 36.9 Å². The summed E-state index contributed by atoms with van der Waals surface area (Å²) in [4.78, 5) is 0. The highest BCUT2D eigenvalue weighted by atomic mass is 35.5. The van der Waals surface area contributed by atoms with Crippen molar-refractivity contribution in [1.29, 1.82) is 5.26 Å². The lowest BCUT2D eigenvalue weighted by Gasteiger charge is -2.19. The van der Waals surface area contributed by atoms with Gasteiger partial charge in [0.1, 0.15) is 11.6 Å². The van der Waals surface area contributed by atoms with Gasteiger partial charge in [0.15, 0.2) is 0 Å². The third-order valence-corrected chi connectivity index (χ3v) is 3.89. The number of methoxy groups -OCH3 is 1. The van der Waals surface area contributed by atoms with Gasteiger partial charge < -0.3 is 10.1 Å². The zero-order valence-electron chi connectivity index (χ0n) is 13.4. The van der Waals surface area contributed by atoms with Crippen LogP contribution in [0.1, 0.15) is 28.4 Å². The van der Waals surface area contributed by atoms with Crippen LogP contribution in [-0.4, -0.2) is 13.7 Å². The lowest BCUT2D eigenvalue weighted by molar-refractivity contribution is 0.102. The van der Waals surface area contributed by atoms with Gasteiger partial charge in [-0.15, -0.1) is 0 Å². The van der Waals surface area contributed by atoms with E-state index >= 15 is 0 Å². The van der Waals surface area contributed by atoms with Gasteiger partial charge in [0.25, 0.3) is 0 Å². The maximum atomic E-state index is 13.2. The highest BCUT2D eigenvalue weighted by Crippen LogP contribution is 2.29. The number of aryl methyl sites for hydroxylation is 1. The lowest BCUT2D eigenvalue weighted by atomic mass is 10.00. The van der Waals surface area contributed by atoms with Gasteiger partial charge in [-0.3, -0.25) is 0 Å². The number of hydrogen-bond acceptors (Lipinski definition) is 3. The van der Waals surface area contributed by atoms with Gasteiger partial charge in [-0.05, 0) is 42.3 Å². The molecule has 0 fully saturated rings. The van der Waals surface area contributed by atoms with Crippen molar-refractivity contribution >= 4 is 11.6 Å². The van der Waals surface area contributed by atoms with Crippen LogP contribution in [0.15, 0.2) is 30.3 Å². The molecule has 0 aromatic heterocycles. The fourth-order valence-electron chi connectivity index (χ4n) is 2.54. The van der Waals surface area contributed by atoms with Crippen molar-refractivity contribution in [3.05, 3.63) is 69.2 Å². The van der Waals surface area contributed by atoms with E-state index in [9.17, 15) is 14.0 Å². The summed E-state index contributed by atoms with van der Waals surface area (Å²) >= 11 is 6.27. The quantitative estimate of drug-likeness (QED) is 0.846. The van der Waals surface area contributed by atoms with Gasteiger partial charge in [-0.1, -0.05) is 11.6 Å². The molecule has 0 bridgehead atoms. The van der Waals surface area contributed by atoms with Crippen LogP contribution < -0.4 is 5.32 Å². The number of nitriles is 1. The number of halogens is 3. The van der Waals surface area contributed by atoms with Gasteiger partial charge in [-0.25, -0.2) is 8.78 Å². The molecule has 2 rings (SSSR count). The zero-order chi connectivity index (χ0) is 17.7. The topological polar surface area (TPSA) is 45.0 Å². The van der Waals surface area contributed by atoms with Gasteiger partial charge in [0.05, 0.1) is 17.7 Å². The van der Waals surface area contributed by atoms with Gasteiger partial charge in [0.2, 0.25) is 0 Å². The van der Waals surface area contributed by atoms with E-state index in [0.717, 1.165) is 11.6 Å². The third-order valence-electron chi connectivity index (χ3n) is 3.58. The van der Waals surface area contributed by atoms with E-state index in [1.54, 1.807) is 12.1 Å². The summed E-state index contributed by atoms with van der Waals surface area (Å²) < 4.78 is 31.8. The first kappa shape index (κ1) is 18.3. The van der Waals surface area contributed by atoms with Crippen LogP contribution in [0, 0.1) is 29.9 Å². The Balaban J connectivity index is 2.12. The standard InChI is InChI=1S/C18H17ClF2N2O/c1-11-3-13(8-22)18(16(19)4-11)17(24-2)10-23-9-12-5-14(20)7-15(21)6-12/h3-7,17,23H,9-10H2,1-2H3. The molecule has 0 saturated carbocycles. The summed E-state index contributed by atoms with van der Waals surface area (Å²) in [6.45, 7) is 2.46. The van der Waals surface area contributed by atoms with Crippen LogP contribution in [0.4, 0.5) is 8.78 Å². The molecule has 1 N–H and O–H groups in total. The number of hydrogen-bond donors (Lipinski definition) is 1. The highest BCUT2D eigenvalue weighted by Gasteiger charge is 2.19. The molecule has 0 aliphatic heterocycles. The second-order valence-corrected chi connectivity index (χ2v) is 5.86. The van der Waals surface area contributed by atoms with E-state index < -0.39 is 17.7 Å². The van der Waals surface area contributed by atoms with E-state index in [1.807, 2.05) is 6.92 Å². The summed E-state index contributed by atoms with van der Waals surface area (Å²) in [5.74, 6) is -1.24. The Morgan fingerprint density at radius 1 is 1.21 bits per heavy atom. The molecule has 2 aromatic carbocycles. The fraction of sp³-hybridized carbons (Fsp3) is 0.278. The van der Waals surface area contributed by atoms with Crippen LogP contribution in [0.5, 0.6) is 0 Å². The summed E-state index contributed by atoms with van der Waals surface area (Å²) in [6, 6.07) is 8.99. The first-order valence-corrected chi connectivity index (χ1v) is 7.71. The summed E-state index contributed by atoms with van der Waals surface area (Å²) in [7, 11) is 1.52. The number of benzene rings is 2. The fourth-order valence-corrected chi connectivity index (χ4v) is 2.93. The third kappa shape index (κ3) is 4.51. The molecule has 1 unspecified atom stereocenters. The van der Waals surface area contributed by atoms with Gasteiger partial charge >= 0.3 is 0 Å². The van der Waals surface area contributed by atoms with Crippen molar-refractivity contribution in [2.45, 2.75) is 19.6 Å². The molecule has 3 nitrogen and oxygen atoms in total. The lowest BCUT2D eigenvalue weighted by Crippen LogP contribution is -2.23. The second-order valence-electron chi connectivity index (χ2n) is 5.45.